The molecule has 1 aliphatic carbocycles. The maximum Gasteiger partial charge on any atom is 0.235 e. The summed E-state index contributed by atoms with van der Waals surface area (Å²) < 4.78 is 1.99. The number of nitrogens with one attached hydrogen (secondary N) is 1. The number of hydrogen-bond donors (Lipinski definition) is 1. The van der Waals surface area contributed by atoms with Crippen molar-refractivity contribution < 1.29 is 4.79 Å². The average Bonchev–Trinajstić information content (AvgIpc) is 3.48. The zero-order chi connectivity index (χ0) is 26.9. The van der Waals surface area contributed by atoms with Crippen molar-refractivity contribution in [1.82, 2.24) is 14.8 Å². The molecule has 8 heteroatoms. The molecule has 0 spiro atoms. The molecule has 0 bridgehead atoms. The molecule has 5 rings (SSSR count). The van der Waals surface area contributed by atoms with Gasteiger partial charge in [0.15, 0.2) is 11.0 Å². The quantitative estimate of drug-likeness (QED) is 0.264. The van der Waals surface area contributed by atoms with Crippen molar-refractivity contribution in [3.63, 3.8) is 0 Å². The van der Waals surface area contributed by atoms with Gasteiger partial charge in [-0.3, -0.25) is 9.36 Å². The minimum Gasteiger partial charge on any atom is -0.316 e. The Morgan fingerprint density at radius 2 is 1.89 bits per heavy atom. The van der Waals surface area contributed by atoms with Gasteiger partial charge >= 0.3 is 0 Å². The van der Waals surface area contributed by atoms with Crippen molar-refractivity contribution in [2.24, 2.45) is 11.3 Å². The van der Waals surface area contributed by atoms with Crippen molar-refractivity contribution in [1.29, 1.82) is 5.26 Å². The second-order valence-corrected chi connectivity index (χ2v) is 12.9. The summed E-state index contributed by atoms with van der Waals surface area (Å²) in [7, 11) is 0. The van der Waals surface area contributed by atoms with Gasteiger partial charge in [0.05, 0.1) is 11.3 Å². The van der Waals surface area contributed by atoms with E-state index in [1.807, 2.05) is 47.0 Å². The lowest BCUT2D eigenvalue weighted by molar-refractivity contribution is -0.113. The van der Waals surface area contributed by atoms with Gasteiger partial charge in [-0.2, -0.15) is 5.26 Å². The van der Waals surface area contributed by atoms with Crippen LogP contribution in [0.2, 0.25) is 0 Å². The monoisotopic (exact) mass is 541 g/mol. The maximum absolute atomic E-state index is 13.1. The number of carbonyl (C=O) groups excluding carboxylic acids is 1. The Labute approximate surface area is 232 Å². The van der Waals surface area contributed by atoms with E-state index in [-0.39, 0.29) is 17.1 Å². The molecule has 1 aliphatic rings. The minimum atomic E-state index is -0.155. The molecule has 1 atom stereocenters. The van der Waals surface area contributed by atoms with Gasteiger partial charge < -0.3 is 5.32 Å². The summed E-state index contributed by atoms with van der Waals surface area (Å²) in [6, 6.07) is 20.5. The van der Waals surface area contributed by atoms with E-state index in [0.717, 1.165) is 47.5 Å². The third-order valence-electron chi connectivity index (χ3n) is 7.14. The van der Waals surface area contributed by atoms with Crippen molar-refractivity contribution >= 4 is 34.0 Å². The number of benzene rings is 2. The van der Waals surface area contributed by atoms with Gasteiger partial charge in [-0.25, -0.2) is 0 Å². The third kappa shape index (κ3) is 5.40. The van der Waals surface area contributed by atoms with E-state index in [9.17, 15) is 10.1 Å². The summed E-state index contributed by atoms with van der Waals surface area (Å²) in [5.74, 6) is 1.31. The van der Waals surface area contributed by atoms with Crippen LogP contribution in [0.25, 0.3) is 17.1 Å². The molecule has 0 radical (unpaired) electrons. The van der Waals surface area contributed by atoms with E-state index in [0.29, 0.717) is 21.6 Å². The van der Waals surface area contributed by atoms with E-state index >= 15 is 0 Å². The number of rotatable bonds is 6. The van der Waals surface area contributed by atoms with Gasteiger partial charge in [0.25, 0.3) is 0 Å². The van der Waals surface area contributed by atoms with Crippen LogP contribution < -0.4 is 5.32 Å². The number of thiophene rings is 1. The Morgan fingerprint density at radius 1 is 1.16 bits per heavy atom. The van der Waals surface area contributed by atoms with Gasteiger partial charge in [0, 0.05) is 16.1 Å². The summed E-state index contributed by atoms with van der Waals surface area (Å²) in [6.07, 6.45) is 2.93. The predicted molar refractivity (Wildman–Crippen MR) is 155 cm³/mol. The Kier molecular flexibility index (Phi) is 7.42. The number of thioether (sulfide) groups is 1. The van der Waals surface area contributed by atoms with Crippen LogP contribution >= 0.6 is 23.1 Å². The molecule has 6 nitrogen and oxygen atoms in total. The zero-order valence-electron chi connectivity index (χ0n) is 22.1. The fourth-order valence-corrected chi connectivity index (χ4v) is 6.93. The number of hydrogen-bond acceptors (Lipinski definition) is 6. The second-order valence-electron chi connectivity index (χ2n) is 10.8. The molecule has 2 aromatic heterocycles. The van der Waals surface area contributed by atoms with Gasteiger partial charge in [-0.1, -0.05) is 80.6 Å². The molecule has 1 N–H and O–H groups in total. The molecule has 0 aliphatic heterocycles. The smallest absolute Gasteiger partial charge is 0.235 e. The molecule has 0 unspecified atom stereocenters. The van der Waals surface area contributed by atoms with Crippen molar-refractivity contribution in [2.75, 3.05) is 11.1 Å². The highest BCUT2D eigenvalue weighted by molar-refractivity contribution is 7.99. The largest absolute Gasteiger partial charge is 0.316 e. The van der Waals surface area contributed by atoms with Crippen LogP contribution in [0.15, 0.2) is 59.8 Å². The maximum atomic E-state index is 13.1. The first kappa shape index (κ1) is 26.2. The molecule has 4 aromatic rings. The van der Waals surface area contributed by atoms with Gasteiger partial charge in [0.2, 0.25) is 5.91 Å². The molecule has 0 saturated heterocycles. The molecular formula is C30H31N5OS2. The number of nitriles is 1. The van der Waals surface area contributed by atoms with E-state index in [1.165, 1.54) is 16.6 Å². The summed E-state index contributed by atoms with van der Waals surface area (Å²) in [5.41, 5.74) is 5.03. The van der Waals surface area contributed by atoms with Crippen LogP contribution in [0.4, 0.5) is 5.00 Å². The minimum absolute atomic E-state index is 0.155. The van der Waals surface area contributed by atoms with Crippen LogP contribution in [0.5, 0.6) is 0 Å². The molecule has 0 saturated carbocycles. The summed E-state index contributed by atoms with van der Waals surface area (Å²) >= 11 is 2.90. The summed E-state index contributed by atoms with van der Waals surface area (Å²) in [5, 5.41) is 23.1. The second kappa shape index (κ2) is 10.8. The van der Waals surface area contributed by atoms with Crippen LogP contribution in [0, 0.1) is 29.6 Å². The first-order valence-corrected chi connectivity index (χ1v) is 14.6. The van der Waals surface area contributed by atoms with E-state index in [2.05, 4.69) is 61.4 Å². The number of aromatic nitrogens is 3. The van der Waals surface area contributed by atoms with Gasteiger partial charge in [-0.15, -0.1) is 21.5 Å². The lowest BCUT2D eigenvalue weighted by Crippen LogP contribution is -2.26. The molecule has 194 valence electrons. The lowest BCUT2D eigenvalue weighted by Gasteiger charge is -2.33. The van der Waals surface area contributed by atoms with Gasteiger partial charge in [0.1, 0.15) is 11.1 Å². The van der Waals surface area contributed by atoms with E-state index in [4.69, 9.17) is 0 Å². The van der Waals surface area contributed by atoms with Crippen molar-refractivity contribution in [3.05, 3.63) is 76.2 Å². The SMILES string of the molecule is Cc1ccc(-n2c(SCC(=O)Nc3sc4c(c3C#N)CC[C@@H](C(C)(C)C)C4)nnc2-c2ccccc2)cc1. The molecule has 38 heavy (non-hydrogen) atoms. The number of carbonyl (C=O) groups is 1. The van der Waals surface area contributed by atoms with Crippen LogP contribution in [-0.2, 0) is 17.6 Å². The van der Waals surface area contributed by atoms with Crippen LogP contribution in [0.3, 0.4) is 0 Å². The zero-order valence-corrected chi connectivity index (χ0v) is 23.7. The number of anilines is 1. The van der Waals surface area contributed by atoms with Gasteiger partial charge in [-0.05, 0) is 55.2 Å². The molecule has 1 amide bonds. The highest BCUT2D eigenvalue weighted by atomic mass is 32.2. The Hall–Kier alpha value is -3.41. The molecule has 0 fully saturated rings. The number of aryl methyl sites for hydroxylation is 1. The third-order valence-corrected chi connectivity index (χ3v) is 9.24. The number of amides is 1. The Bertz CT molecular complexity index is 1490. The van der Waals surface area contributed by atoms with Crippen molar-refractivity contribution in [3.8, 4) is 23.1 Å². The molecule has 2 aromatic carbocycles. The topological polar surface area (TPSA) is 83.6 Å². The molecule has 2 heterocycles. The average molecular weight is 542 g/mol. The number of fused-ring (bicyclic) bond motifs is 1. The van der Waals surface area contributed by atoms with E-state index in [1.54, 1.807) is 11.3 Å². The Balaban J connectivity index is 1.35. The fourth-order valence-electron chi connectivity index (χ4n) is 4.89. The van der Waals surface area contributed by atoms with Crippen LogP contribution in [-0.4, -0.2) is 26.4 Å². The Morgan fingerprint density at radius 3 is 2.58 bits per heavy atom. The summed E-state index contributed by atoms with van der Waals surface area (Å²) in [4.78, 5) is 14.3. The lowest BCUT2D eigenvalue weighted by atomic mass is 9.72. The van der Waals surface area contributed by atoms with Crippen molar-refractivity contribution in [2.45, 2.75) is 52.1 Å². The predicted octanol–water partition coefficient (Wildman–Crippen LogP) is 7.06. The first-order chi connectivity index (χ1) is 18.2. The number of nitrogens with zero attached hydrogens (tertiary/aromatic N) is 4. The fraction of sp³-hybridized carbons (Fsp3) is 0.333. The normalized spacial score (nSPS) is 15.1. The molecular weight excluding hydrogens is 510 g/mol. The highest BCUT2D eigenvalue weighted by Gasteiger charge is 2.32. The standard InChI is InChI=1S/C30H31N5OS2/c1-19-10-13-22(14-11-19)35-27(20-8-6-5-7-9-20)33-34-29(35)37-18-26(36)32-28-24(17-31)23-15-12-21(30(2,3)4)16-25(23)38-28/h5-11,13-14,21H,12,15-16,18H2,1-4H3,(H,32,36)/t21-/m1/s1. The summed E-state index contributed by atoms with van der Waals surface area (Å²) in [6.45, 7) is 8.88. The van der Waals surface area contributed by atoms with E-state index < -0.39 is 0 Å². The first-order valence-electron chi connectivity index (χ1n) is 12.8. The van der Waals surface area contributed by atoms with Crippen LogP contribution in [0.1, 0.15) is 48.8 Å². The highest BCUT2D eigenvalue weighted by Crippen LogP contribution is 2.44.